The second-order valence-electron chi connectivity index (χ2n) is 7.75. The summed E-state index contributed by atoms with van der Waals surface area (Å²) in [6.07, 6.45) is 2.40. The number of pyridine rings is 1. The Morgan fingerprint density at radius 3 is 2.28 bits per heavy atom. The Morgan fingerprint density at radius 1 is 1.03 bits per heavy atom. The maximum atomic E-state index is 12.8. The number of ether oxygens (including phenoxy) is 2. The summed E-state index contributed by atoms with van der Waals surface area (Å²) in [6, 6.07) is 2.24. The normalized spacial score (nSPS) is 11.2. The molecule has 3 rings (SSSR count). The molecule has 0 aromatic carbocycles. The van der Waals surface area contributed by atoms with E-state index in [1.807, 2.05) is 20.0 Å². The Kier molecular flexibility index (Phi) is 11.5. The van der Waals surface area contributed by atoms with Gasteiger partial charge in [-0.2, -0.15) is 13.2 Å². The van der Waals surface area contributed by atoms with Crippen LogP contribution in [-0.2, 0) is 30.4 Å². The van der Waals surface area contributed by atoms with E-state index in [0.717, 1.165) is 36.2 Å². The molecule has 3 heterocycles. The van der Waals surface area contributed by atoms with E-state index in [1.165, 1.54) is 10.7 Å². The molecule has 0 aliphatic carbocycles. The van der Waals surface area contributed by atoms with E-state index in [9.17, 15) is 18.0 Å². The van der Waals surface area contributed by atoms with Gasteiger partial charge in [0.05, 0.1) is 18.8 Å². The van der Waals surface area contributed by atoms with Crippen molar-refractivity contribution in [3.8, 4) is 17.6 Å². The molecule has 0 aliphatic rings. The number of alkyl halides is 3. The number of rotatable bonds is 13. The smallest absolute Gasteiger partial charge is 1.00 e. The molecular formula is C23H30CaF3N5O4. The van der Waals surface area contributed by atoms with Crippen molar-refractivity contribution < 1.29 is 35.4 Å². The van der Waals surface area contributed by atoms with Crippen LogP contribution >= 0.6 is 0 Å². The minimum Gasteiger partial charge on any atom is -1.00 e. The van der Waals surface area contributed by atoms with Crippen molar-refractivity contribution in [2.45, 2.75) is 58.7 Å². The molecule has 0 atom stereocenters. The molecule has 0 bridgehead atoms. The maximum Gasteiger partial charge on any atom is 2.00 e. The van der Waals surface area contributed by atoms with Crippen LogP contribution in [0.4, 0.5) is 13.2 Å². The number of aliphatic carboxylic acids is 1. The molecule has 0 aliphatic heterocycles. The van der Waals surface area contributed by atoms with Gasteiger partial charge >= 0.3 is 49.9 Å². The van der Waals surface area contributed by atoms with Crippen LogP contribution in [0.15, 0.2) is 30.7 Å². The van der Waals surface area contributed by atoms with Crippen molar-refractivity contribution >= 4 is 43.7 Å². The van der Waals surface area contributed by atoms with E-state index >= 15 is 0 Å². The molecule has 36 heavy (non-hydrogen) atoms. The second kappa shape index (κ2) is 13.8. The Bertz CT molecular complexity index is 1130. The number of unbranched alkanes of at least 4 members (excludes halogenated alkanes) is 1. The van der Waals surface area contributed by atoms with Crippen LogP contribution in [0.3, 0.4) is 0 Å². The first-order valence-electron chi connectivity index (χ1n) is 11.4. The molecule has 0 fully saturated rings. The number of hydrogen-bond donors (Lipinski definition) is 1. The van der Waals surface area contributed by atoms with Gasteiger partial charge in [0.15, 0.2) is 5.82 Å². The van der Waals surface area contributed by atoms with Gasteiger partial charge in [0.25, 0.3) is 0 Å². The molecule has 0 amide bonds. The number of halogens is 3. The summed E-state index contributed by atoms with van der Waals surface area (Å²) in [5.41, 5.74) is 0.764. The average molecular weight is 538 g/mol. The topological polar surface area (TPSA) is 104 Å². The third-order valence-corrected chi connectivity index (χ3v) is 5.11. The molecule has 0 spiro atoms. The number of carboxylic acids is 1. The van der Waals surface area contributed by atoms with Crippen LogP contribution in [-0.4, -0.2) is 86.6 Å². The molecule has 194 valence electrons. The van der Waals surface area contributed by atoms with Crippen LogP contribution < -0.4 is 9.47 Å². The molecule has 3 aromatic rings. The SMILES string of the molecule is CCOc1nn(CCCCc2cn(-c3ccc(C(F)(F)F)cn3)nc2OCC)cc1CCC(=O)O.[Ca+2].[H-].[H-]. The molecule has 0 unspecified atom stereocenters. The van der Waals surface area contributed by atoms with Crippen molar-refractivity contribution in [1.29, 1.82) is 0 Å². The fraction of sp³-hybridized carbons (Fsp3) is 0.478. The summed E-state index contributed by atoms with van der Waals surface area (Å²) in [6.45, 7) is 5.13. The van der Waals surface area contributed by atoms with Gasteiger partial charge < -0.3 is 17.4 Å². The van der Waals surface area contributed by atoms with Gasteiger partial charge in [-0.3, -0.25) is 9.48 Å². The summed E-state index contributed by atoms with van der Waals surface area (Å²) in [4.78, 5) is 14.8. The molecule has 13 heteroatoms. The van der Waals surface area contributed by atoms with Gasteiger partial charge in [0, 0.05) is 42.7 Å². The van der Waals surface area contributed by atoms with Crippen LogP contribution in [0.5, 0.6) is 11.8 Å². The number of aromatic nitrogens is 5. The average Bonchev–Trinajstić information content (AvgIpc) is 3.39. The molecular weight excluding hydrogens is 507 g/mol. The Morgan fingerprint density at radius 2 is 1.69 bits per heavy atom. The second-order valence-corrected chi connectivity index (χ2v) is 7.75. The van der Waals surface area contributed by atoms with E-state index in [4.69, 9.17) is 14.6 Å². The summed E-state index contributed by atoms with van der Waals surface area (Å²) in [5, 5.41) is 17.7. The van der Waals surface area contributed by atoms with Crippen molar-refractivity contribution in [2.24, 2.45) is 0 Å². The minimum atomic E-state index is -4.45. The first-order valence-corrected chi connectivity index (χ1v) is 11.4. The van der Waals surface area contributed by atoms with Gasteiger partial charge in [0.2, 0.25) is 11.8 Å². The predicted octanol–water partition coefficient (Wildman–Crippen LogP) is 4.16. The number of carboxylic acid groups (broad SMARTS) is 1. The van der Waals surface area contributed by atoms with E-state index in [0.29, 0.717) is 44.4 Å². The zero-order valence-electron chi connectivity index (χ0n) is 22.3. The molecule has 3 aromatic heterocycles. The van der Waals surface area contributed by atoms with Crippen LogP contribution in [0.2, 0.25) is 0 Å². The first-order chi connectivity index (χ1) is 16.7. The van der Waals surface area contributed by atoms with Crippen LogP contribution in [0, 0.1) is 0 Å². The number of carbonyl (C=O) groups is 1. The molecule has 9 nitrogen and oxygen atoms in total. The zero-order chi connectivity index (χ0) is 25.4. The number of nitrogens with zero attached hydrogens (tertiary/aromatic N) is 5. The van der Waals surface area contributed by atoms with Crippen molar-refractivity contribution in [1.82, 2.24) is 24.5 Å². The third kappa shape index (κ3) is 8.38. The summed E-state index contributed by atoms with van der Waals surface area (Å²) < 4.78 is 52.7. The van der Waals surface area contributed by atoms with Crippen LogP contribution in [0.1, 0.15) is 52.7 Å². The van der Waals surface area contributed by atoms with E-state index in [-0.39, 0.29) is 52.8 Å². The Balaban J connectivity index is 0.00000456. The number of hydrogen-bond acceptors (Lipinski definition) is 6. The van der Waals surface area contributed by atoms with Gasteiger partial charge in [0.1, 0.15) is 0 Å². The quantitative estimate of drug-likeness (QED) is 0.258. The Hall–Kier alpha value is -2.31. The van der Waals surface area contributed by atoms with Gasteiger partial charge in [-0.15, -0.1) is 10.2 Å². The van der Waals surface area contributed by atoms with Gasteiger partial charge in [-0.05, 0) is 51.7 Å². The van der Waals surface area contributed by atoms with Gasteiger partial charge in [-0.25, -0.2) is 9.67 Å². The predicted molar refractivity (Wildman–Crippen MR) is 128 cm³/mol. The van der Waals surface area contributed by atoms with Crippen LogP contribution in [0.25, 0.3) is 5.82 Å². The molecule has 0 radical (unpaired) electrons. The monoisotopic (exact) mass is 537 g/mol. The summed E-state index contributed by atoms with van der Waals surface area (Å²) in [5.74, 6) is 0.261. The fourth-order valence-corrected chi connectivity index (χ4v) is 3.45. The maximum absolute atomic E-state index is 12.8. The van der Waals surface area contributed by atoms with Crippen molar-refractivity contribution in [3.63, 3.8) is 0 Å². The number of aryl methyl sites for hydroxylation is 3. The first kappa shape index (κ1) is 29.9. The van der Waals surface area contributed by atoms with Gasteiger partial charge in [-0.1, -0.05) is 0 Å². The van der Waals surface area contributed by atoms with E-state index in [2.05, 4.69) is 15.2 Å². The van der Waals surface area contributed by atoms with E-state index < -0.39 is 17.7 Å². The van der Waals surface area contributed by atoms with Crippen molar-refractivity contribution in [2.75, 3.05) is 13.2 Å². The minimum absolute atomic E-state index is 0. The summed E-state index contributed by atoms with van der Waals surface area (Å²) >= 11 is 0. The van der Waals surface area contributed by atoms with Crippen molar-refractivity contribution in [3.05, 3.63) is 47.4 Å². The molecule has 0 saturated heterocycles. The largest absolute Gasteiger partial charge is 2.00 e. The standard InChI is InChI=1S/C23H28F3N5O4.Ca.2H/c1-3-34-21-17(8-11-20(32)33)14-30(28-21)12-6-5-7-16-15-31(29-22(16)35-4-2)19-10-9-18(13-27-19)23(24,25)26;;;/h9-10,13-15H,3-8,11-12H2,1-2H3,(H,32,33);;;/q;+2;2*-1. The van der Waals surface area contributed by atoms with E-state index in [1.54, 1.807) is 10.9 Å². The Labute approximate surface area is 239 Å². The molecule has 0 saturated carbocycles. The summed E-state index contributed by atoms with van der Waals surface area (Å²) in [7, 11) is 0. The zero-order valence-corrected chi connectivity index (χ0v) is 22.5. The third-order valence-electron chi connectivity index (χ3n) is 5.11. The molecule has 1 N–H and O–H groups in total. The fourth-order valence-electron chi connectivity index (χ4n) is 3.45.